The van der Waals surface area contributed by atoms with Gasteiger partial charge in [0.05, 0.1) is 45.6 Å². The third-order valence-electron chi connectivity index (χ3n) is 8.96. The lowest BCUT2D eigenvalue weighted by Crippen LogP contribution is -2.40. The molecule has 214 valence electrons. The number of fused-ring (bicyclic) bond motifs is 4. The molecule has 4 atom stereocenters. The van der Waals surface area contributed by atoms with Gasteiger partial charge < -0.3 is 15.2 Å². The van der Waals surface area contributed by atoms with Crippen molar-refractivity contribution >= 4 is 50.7 Å². The van der Waals surface area contributed by atoms with Crippen molar-refractivity contribution in [2.24, 2.45) is 13.0 Å². The predicted molar refractivity (Wildman–Crippen MR) is 166 cm³/mol. The molecule has 1 unspecified atom stereocenters. The number of rotatable bonds is 7. The zero-order valence-corrected chi connectivity index (χ0v) is 25.1. The molecule has 2 aromatic carbocycles. The number of hydrogen-bond donors (Lipinski definition) is 2. The van der Waals surface area contributed by atoms with Crippen LogP contribution in [0.3, 0.4) is 0 Å². The number of nitriles is 1. The Kier molecular flexibility index (Phi) is 6.65. The Morgan fingerprint density at radius 3 is 2.79 bits per heavy atom. The quantitative estimate of drug-likeness (QED) is 0.202. The minimum Gasteiger partial charge on any atom is -0.374 e. The molecular formula is C32H30Cl2FN7. The van der Waals surface area contributed by atoms with E-state index in [0.29, 0.717) is 45.6 Å². The zero-order valence-electron chi connectivity index (χ0n) is 23.5. The fraction of sp³-hybridized carbons (Fsp3) is 0.344. The van der Waals surface area contributed by atoms with Gasteiger partial charge in [-0.2, -0.15) is 10.4 Å². The number of nitrogens with one attached hydrogen (secondary N) is 2. The minimum atomic E-state index is -0.444. The third kappa shape index (κ3) is 4.17. The van der Waals surface area contributed by atoms with E-state index >= 15 is 4.39 Å². The maximum absolute atomic E-state index is 16.8. The Morgan fingerprint density at radius 1 is 1.26 bits per heavy atom. The van der Waals surface area contributed by atoms with Crippen molar-refractivity contribution in [3.63, 3.8) is 0 Å². The van der Waals surface area contributed by atoms with E-state index in [0.717, 1.165) is 46.3 Å². The maximum atomic E-state index is 16.8. The zero-order chi connectivity index (χ0) is 29.3. The summed E-state index contributed by atoms with van der Waals surface area (Å²) in [6, 6.07) is 12.2. The average molecular weight is 603 g/mol. The molecule has 2 N–H and O–H groups in total. The number of benzene rings is 2. The van der Waals surface area contributed by atoms with Crippen LogP contribution in [0.2, 0.25) is 10.0 Å². The molecule has 3 fully saturated rings. The van der Waals surface area contributed by atoms with Gasteiger partial charge in [0.2, 0.25) is 0 Å². The molecule has 0 spiro atoms. The molecule has 8 rings (SSSR count). The summed E-state index contributed by atoms with van der Waals surface area (Å²) in [6.07, 6.45) is 5.53. The summed E-state index contributed by atoms with van der Waals surface area (Å²) in [5.41, 5.74) is 5.66. The Morgan fingerprint density at radius 2 is 2.10 bits per heavy atom. The number of aryl methyl sites for hydroxylation is 3. The summed E-state index contributed by atoms with van der Waals surface area (Å²) in [7, 11) is 1.90. The monoisotopic (exact) mass is 601 g/mol. The number of halogens is 3. The van der Waals surface area contributed by atoms with E-state index < -0.39 is 5.82 Å². The molecule has 2 saturated heterocycles. The van der Waals surface area contributed by atoms with Gasteiger partial charge in [-0.1, -0.05) is 35.3 Å². The van der Waals surface area contributed by atoms with E-state index in [1.807, 2.05) is 32.4 Å². The molecule has 5 heterocycles. The first-order chi connectivity index (χ1) is 20.3. The van der Waals surface area contributed by atoms with Crippen LogP contribution >= 0.6 is 23.2 Å². The van der Waals surface area contributed by atoms with Crippen molar-refractivity contribution in [2.45, 2.75) is 51.2 Å². The molecule has 2 bridgehead atoms. The van der Waals surface area contributed by atoms with Gasteiger partial charge in [-0.25, -0.2) is 9.37 Å². The maximum Gasteiger partial charge on any atom is 0.157 e. The summed E-state index contributed by atoms with van der Waals surface area (Å²) >= 11 is 13.0. The fourth-order valence-electron chi connectivity index (χ4n) is 7.00. The van der Waals surface area contributed by atoms with Crippen molar-refractivity contribution < 1.29 is 4.39 Å². The van der Waals surface area contributed by atoms with Crippen molar-refractivity contribution in [1.82, 2.24) is 24.6 Å². The van der Waals surface area contributed by atoms with E-state index in [-0.39, 0.29) is 23.5 Å². The number of anilines is 1. The first-order valence-corrected chi connectivity index (χ1v) is 15.0. The molecule has 7 nitrogen and oxygen atoms in total. The normalized spacial score (nSPS) is 20.2. The van der Waals surface area contributed by atoms with Gasteiger partial charge in [0.15, 0.2) is 5.82 Å². The lowest BCUT2D eigenvalue weighted by molar-refractivity contribution is 0.221. The Labute approximate surface area is 253 Å². The second-order valence-electron chi connectivity index (χ2n) is 11.5. The van der Waals surface area contributed by atoms with Crippen LogP contribution in [0.4, 0.5) is 10.1 Å². The topological polar surface area (TPSA) is 83.5 Å². The molecule has 42 heavy (non-hydrogen) atoms. The molecule has 3 aromatic heterocycles. The standard InChI is InChI=1S/C32H30Cl2FN7/c1-16-22-12-26(17(2)39-20-14-38-41(3)15-20)42(31-19-11-25(31)37-13-19)32(22)23-10-18(6-5-9-36)27(29(35)30(23)40-16)21-7-4-8-24(33)28(21)34/h4,7-8,10,12,14-15,17,19,25,31,37,39H,5-6,11,13H2,1-3H3/t17?,19-,25-,31+/m1/s1. The van der Waals surface area contributed by atoms with Crippen LogP contribution in [0.5, 0.6) is 0 Å². The molecule has 1 saturated carbocycles. The van der Waals surface area contributed by atoms with E-state index in [2.05, 4.69) is 39.4 Å². The van der Waals surface area contributed by atoms with Gasteiger partial charge in [-0.15, -0.1) is 0 Å². The highest BCUT2D eigenvalue weighted by atomic mass is 35.5. The number of pyridine rings is 1. The Balaban J connectivity index is 1.51. The van der Waals surface area contributed by atoms with Crippen molar-refractivity contribution in [3.05, 3.63) is 75.5 Å². The SMILES string of the molecule is Cc1nc2c(F)c(-c3cccc(Cl)c3Cl)c(CCC#N)cc2c2c1cc(C(C)Nc1cnn(C)c1)n2[C@H]1[C@H]2CN[C@@H]1C2. The van der Waals surface area contributed by atoms with Gasteiger partial charge in [-0.3, -0.25) is 4.68 Å². The Bertz CT molecular complexity index is 1910. The van der Waals surface area contributed by atoms with Crippen LogP contribution in [-0.4, -0.2) is 31.9 Å². The molecular weight excluding hydrogens is 572 g/mol. The van der Waals surface area contributed by atoms with Crippen LogP contribution in [-0.2, 0) is 13.5 Å². The predicted octanol–water partition coefficient (Wildman–Crippen LogP) is 7.51. The van der Waals surface area contributed by atoms with Gasteiger partial charge in [-0.05, 0) is 56.4 Å². The van der Waals surface area contributed by atoms with Gasteiger partial charge >= 0.3 is 0 Å². The summed E-state index contributed by atoms with van der Waals surface area (Å²) in [5.74, 6) is 0.0612. The lowest BCUT2D eigenvalue weighted by Gasteiger charge is -2.38. The first-order valence-electron chi connectivity index (χ1n) is 14.2. The Hall–Kier alpha value is -3.64. The van der Waals surface area contributed by atoms with Crippen LogP contribution in [0.15, 0.2) is 42.7 Å². The summed E-state index contributed by atoms with van der Waals surface area (Å²) in [4.78, 5) is 4.84. The smallest absolute Gasteiger partial charge is 0.157 e. The molecule has 10 heteroatoms. The first kappa shape index (κ1) is 27.2. The van der Waals surface area contributed by atoms with Crippen LogP contribution < -0.4 is 10.6 Å². The van der Waals surface area contributed by atoms with Crippen LogP contribution in [0, 0.1) is 30.0 Å². The highest BCUT2D eigenvalue weighted by Gasteiger charge is 2.49. The minimum absolute atomic E-state index is 0.0384. The molecule has 0 amide bonds. The third-order valence-corrected chi connectivity index (χ3v) is 9.78. The molecule has 0 radical (unpaired) electrons. The highest BCUT2D eigenvalue weighted by Crippen LogP contribution is 2.49. The van der Waals surface area contributed by atoms with E-state index in [1.54, 1.807) is 22.9 Å². The number of hydrogen-bond acceptors (Lipinski definition) is 5. The fourth-order valence-corrected chi connectivity index (χ4v) is 7.39. The lowest BCUT2D eigenvalue weighted by atomic mass is 9.79. The highest BCUT2D eigenvalue weighted by molar-refractivity contribution is 6.43. The summed E-state index contributed by atoms with van der Waals surface area (Å²) in [6.45, 7) is 5.06. The van der Waals surface area contributed by atoms with E-state index in [1.165, 1.54) is 0 Å². The number of nitrogens with zero attached hydrogens (tertiary/aromatic N) is 5. The van der Waals surface area contributed by atoms with Crippen LogP contribution in [0.25, 0.3) is 32.9 Å². The largest absolute Gasteiger partial charge is 0.374 e. The van der Waals surface area contributed by atoms with Gasteiger partial charge in [0.1, 0.15) is 5.52 Å². The van der Waals surface area contributed by atoms with Crippen LogP contribution in [0.1, 0.15) is 48.8 Å². The number of aromatic nitrogens is 4. The second-order valence-corrected chi connectivity index (χ2v) is 12.3. The second kappa shape index (κ2) is 10.3. The van der Waals surface area contributed by atoms with Gasteiger partial charge in [0.25, 0.3) is 0 Å². The van der Waals surface area contributed by atoms with Crippen molar-refractivity contribution in [3.8, 4) is 17.2 Å². The van der Waals surface area contributed by atoms with E-state index in [9.17, 15) is 5.26 Å². The van der Waals surface area contributed by atoms with E-state index in [4.69, 9.17) is 28.2 Å². The molecule has 5 aromatic rings. The van der Waals surface area contributed by atoms with Crippen molar-refractivity contribution in [1.29, 1.82) is 5.26 Å². The average Bonchev–Trinajstić information content (AvgIpc) is 3.75. The van der Waals surface area contributed by atoms with Crippen molar-refractivity contribution in [2.75, 3.05) is 11.9 Å². The summed E-state index contributed by atoms with van der Waals surface area (Å²) in [5, 5.41) is 23.4. The molecule has 3 aliphatic rings. The van der Waals surface area contributed by atoms with Gasteiger partial charge in [0, 0.05) is 65.5 Å². The summed E-state index contributed by atoms with van der Waals surface area (Å²) < 4.78 is 21.0. The molecule has 1 aliphatic carbocycles. The molecule has 2 aliphatic heterocycles.